The Kier molecular flexibility index (Phi) is 1.91. The Bertz CT molecular complexity index is 337. The summed E-state index contributed by atoms with van der Waals surface area (Å²) < 4.78 is 5.33. The van der Waals surface area contributed by atoms with Crippen molar-refractivity contribution in [3.05, 3.63) is 0 Å². The highest BCUT2D eigenvalue weighted by atomic mass is 16.6. The lowest BCUT2D eigenvalue weighted by atomic mass is 9.48. The van der Waals surface area contributed by atoms with Crippen molar-refractivity contribution in [3.8, 4) is 0 Å². The molecule has 4 rings (SSSR count). The first-order valence-corrected chi connectivity index (χ1v) is 6.03. The first kappa shape index (κ1) is 11.4. The van der Waals surface area contributed by atoms with Crippen molar-refractivity contribution in [2.75, 3.05) is 0 Å². The molecule has 0 saturated heterocycles. The molecule has 5 nitrogen and oxygen atoms in total. The van der Waals surface area contributed by atoms with Crippen LogP contribution in [0.4, 0.5) is 0 Å². The van der Waals surface area contributed by atoms with Crippen LogP contribution in [0.2, 0.25) is 0 Å². The van der Waals surface area contributed by atoms with E-state index in [1.165, 1.54) is 6.92 Å². The standard InChI is InChI=1S/C12H18O5/c1-8(13)17-12-5-9(14)2-10(15,6-12)4-11(16,3-9)7-12/h14-16H,2-7H2,1H3. The lowest BCUT2D eigenvalue weighted by Crippen LogP contribution is -2.72. The Morgan fingerprint density at radius 3 is 1.53 bits per heavy atom. The van der Waals surface area contributed by atoms with Crippen LogP contribution in [-0.4, -0.2) is 43.7 Å². The summed E-state index contributed by atoms with van der Waals surface area (Å²) in [6.45, 7) is 1.32. The predicted molar refractivity (Wildman–Crippen MR) is 57.0 cm³/mol. The maximum atomic E-state index is 11.2. The summed E-state index contributed by atoms with van der Waals surface area (Å²) in [7, 11) is 0. The molecule has 96 valence electrons. The SMILES string of the molecule is CC(=O)OC12CC3(O)CC(O)(CC(O)(C3)C1)C2. The van der Waals surface area contributed by atoms with Crippen molar-refractivity contribution in [1.82, 2.24) is 0 Å². The summed E-state index contributed by atoms with van der Waals surface area (Å²) >= 11 is 0. The lowest BCUT2D eigenvalue weighted by Gasteiger charge is -2.64. The molecule has 0 radical (unpaired) electrons. The van der Waals surface area contributed by atoms with E-state index in [2.05, 4.69) is 0 Å². The van der Waals surface area contributed by atoms with Crippen LogP contribution in [-0.2, 0) is 9.53 Å². The molecule has 0 heterocycles. The predicted octanol–water partition coefficient (Wildman–Crippen LogP) is -0.137. The third kappa shape index (κ3) is 1.68. The molecule has 3 N–H and O–H groups in total. The number of ether oxygens (including phenoxy) is 1. The zero-order valence-electron chi connectivity index (χ0n) is 9.90. The van der Waals surface area contributed by atoms with Crippen LogP contribution < -0.4 is 0 Å². The van der Waals surface area contributed by atoms with Crippen molar-refractivity contribution in [2.45, 2.75) is 67.9 Å². The molecule has 4 aliphatic rings. The summed E-state index contributed by atoms with van der Waals surface area (Å²) in [5.41, 5.74) is -4.20. The third-order valence-electron chi connectivity index (χ3n) is 4.29. The number of esters is 1. The highest BCUT2D eigenvalue weighted by Crippen LogP contribution is 2.61. The van der Waals surface area contributed by atoms with Crippen LogP contribution in [0.1, 0.15) is 45.4 Å². The highest BCUT2D eigenvalue weighted by molar-refractivity contribution is 5.66. The minimum Gasteiger partial charge on any atom is -0.459 e. The molecule has 0 unspecified atom stereocenters. The average molecular weight is 242 g/mol. The van der Waals surface area contributed by atoms with Gasteiger partial charge in [-0.05, 0) is 0 Å². The van der Waals surface area contributed by atoms with E-state index >= 15 is 0 Å². The molecule has 4 fully saturated rings. The smallest absolute Gasteiger partial charge is 0.303 e. The number of carbonyl (C=O) groups excluding carboxylic acids is 1. The molecule has 0 aliphatic heterocycles. The molecule has 5 heteroatoms. The van der Waals surface area contributed by atoms with Gasteiger partial charge in [-0.2, -0.15) is 0 Å². The van der Waals surface area contributed by atoms with Gasteiger partial charge in [-0.3, -0.25) is 4.79 Å². The minimum absolute atomic E-state index is 0.269. The quantitative estimate of drug-likeness (QED) is 0.557. The van der Waals surface area contributed by atoms with E-state index in [1.54, 1.807) is 0 Å². The molecular weight excluding hydrogens is 224 g/mol. The summed E-state index contributed by atoms with van der Waals surface area (Å²) in [6.07, 6.45) is 1.78. The summed E-state index contributed by atoms with van der Waals surface area (Å²) in [5.74, 6) is -0.428. The zero-order valence-corrected chi connectivity index (χ0v) is 9.90. The highest BCUT2D eigenvalue weighted by Gasteiger charge is 2.69. The molecular formula is C12H18O5. The van der Waals surface area contributed by atoms with Gasteiger partial charge in [0.1, 0.15) is 5.60 Å². The maximum absolute atomic E-state index is 11.2. The second-order valence-corrected chi connectivity index (χ2v) is 6.51. The zero-order chi connectivity index (χ0) is 12.5. The summed E-state index contributed by atoms with van der Waals surface area (Å²) in [6, 6.07) is 0. The van der Waals surface area contributed by atoms with Gasteiger partial charge in [-0.25, -0.2) is 0 Å². The Balaban J connectivity index is 2.01. The fraction of sp³-hybridized carbons (Fsp3) is 0.917. The van der Waals surface area contributed by atoms with E-state index in [4.69, 9.17) is 4.74 Å². The molecule has 0 aromatic rings. The van der Waals surface area contributed by atoms with E-state index in [-0.39, 0.29) is 19.3 Å². The Hall–Kier alpha value is -0.650. The van der Waals surface area contributed by atoms with E-state index in [0.29, 0.717) is 19.3 Å². The van der Waals surface area contributed by atoms with Crippen molar-refractivity contribution in [3.63, 3.8) is 0 Å². The number of rotatable bonds is 1. The average Bonchev–Trinajstić information content (AvgIpc) is 1.87. The Morgan fingerprint density at radius 2 is 1.24 bits per heavy atom. The molecule has 0 aromatic carbocycles. The fourth-order valence-corrected chi connectivity index (χ4v) is 4.80. The topological polar surface area (TPSA) is 87.0 Å². The number of carbonyl (C=O) groups is 1. The first-order chi connectivity index (χ1) is 7.66. The van der Waals surface area contributed by atoms with Gasteiger partial charge in [0.2, 0.25) is 0 Å². The third-order valence-corrected chi connectivity index (χ3v) is 4.29. The Morgan fingerprint density at radius 1 is 0.882 bits per heavy atom. The van der Waals surface area contributed by atoms with Gasteiger partial charge in [0.15, 0.2) is 0 Å². The van der Waals surface area contributed by atoms with Crippen LogP contribution in [0.15, 0.2) is 0 Å². The van der Waals surface area contributed by atoms with Gasteiger partial charge in [-0.1, -0.05) is 0 Å². The van der Waals surface area contributed by atoms with E-state index in [9.17, 15) is 20.1 Å². The van der Waals surface area contributed by atoms with Gasteiger partial charge in [0.05, 0.1) is 16.8 Å². The monoisotopic (exact) mass is 242 g/mol. The van der Waals surface area contributed by atoms with Gasteiger partial charge >= 0.3 is 5.97 Å². The molecule has 0 aromatic heterocycles. The largest absolute Gasteiger partial charge is 0.459 e. The van der Waals surface area contributed by atoms with E-state index in [1.807, 2.05) is 0 Å². The summed E-state index contributed by atoms with van der Waals surface area (Å²) in [4.78, 5) is 11.2. The first-order valence-electron chi connectivity index (χ1n) is 6.03. The van der Waals surface area contributed by atoms with Crippen LogP contribution in [0.25, 0.3) is 0 Å². The fourth-order valence-electron chi connectivity index (χ4n) is 4.80. The normalized spacial score (nSPS) is 56.0. The molecule has 0 amide bonds. The van der Waals surface area contributed by atoms with E-state index in [0.717, 1.165) is 0 Å². The van der Waals surface area contributed by atoms with Crippen LogP contribution in [0, 0.1) is 0 Å². The number of aliphatic hydroxyl groups is 3. The lowest BCUT2D eigenvalue weighted by molar-refractivity contribution is -0.300. The minimum atomic E-state index is -1.10. The second kappa shape index (κ2) is 2.84. The van der Waals surface area contributed by atoms with Gasteiger partial charge in [-0.15, -0.1) is 0 Å². The van der Waals surface area contributed by atoms with Crippen molar-refractivity contribution in [2.24, 2.45) is 0 Å². The molecule has 4 aliphatic carbocycles. The van der Waals surface area contributed by atoms with Gasteiger partial charge in [0.25, 0.3) is 0 Å². The molecule has 0 atom stereocenters. The van der Waals surface area contributed by atoms with Crippen LogP contribution >= 0.6 is 0 Å². The van der Waals surface area contributed by atoms with Gasteiger partial charge in [0, 0.05) is 45.4 Å². The van der Waals surface area contributed by atoms with Crippen LogP contribution in [0.3, 0.4) is 0 Å². The number of hydrogen-bond donors (Lipinski definition) is 3. The second-order valence-electron chi connectivity index (χ2n) is 6.51. The maximum Gasteiger partial charge on any atom is 0.303 e. The van der Waals surface area contributed by atoms with Crippen molar-refractivity contribution in [1.29, 1.82) is 0 Å². The molecule has 17 heavy (non-hydrogen) atoms. The molecule has 4 bridgehead atoms. The Labute approximate surface area is 99.4 Å². The van der Waals surface area contributed by atoms with Gasteiger partial charge < -0.3 is 20.1 Å². The van der Waals surface area contributed by atoms with Crippen molar-refractivity contribution < 1.29 is 24.9 Å². The summed E-state index contributed by atoms with van der Waals surface area (Å²) in [5, 5.41) is 31.2. The van der Waals surface area contributed by atoms with Crippen molar-refractivity contribution >= 4 is 5.97 Å². The van der Waals surface area contributed by atoms with E-state index < -0.39 is 28.4 Å². The van der Waals surface area contributed by atoms with Crippen LogP contribution in [0.5, 0.6) is 0 Å². The molecule has 4 saturated carbocycles. The number of hydrogen-bond acceptors (Lipinski definition) is 5. The molecule has 0 spiro atoms.